The van der Waals surface area contributed by atoms with Crippen LogP contribution in [0.15, 0.2) is 88.0 Å². The Kier molecular flexibility index (Phi) is 10.00. The minimum atomic E-state index is -0.530. The zero-order chi connectivity index (χ0) is 31.1. The first-order valence-corrected chi connectivity index (χ1v) is 16.1. The lowest BCUT2D eigenvalue weighted by molar-refractivity contribution is -0.116. The Bertz CT molecular complexity index is 1720. The van der Waals surface area contributed by atoms with Gasteiger partial charge in [0.05, 0.1) is 17.1 Å². The van der Waals surface area contributed by atoms with Gasteiger partial charge in [-0.2, -0.15) is 5.26 Å². The molecule has 2 atom stereocenters. The number of nitriles is 1. The van der Waals surface area contributed by atoms with E-state index in [2.05, 4.69) is 28.9 Å². The van der Waals surface area contributed by atoms with Crippen LogP contribution in [-0.4, -0.2) is 23.0 Å². The summed E-state index contributed by atoms with van der Waals surface area (Å²) >= 11 is 2.90. The monoisotopic (exact) mass is 624 g/mol. The third-order valence-electron chi connectivity index (χ3n) is 7.25. The smallest absolute Gasteiger partial charge is 0.272 e. The molecule has 2 unspecified atom stereocenters. The number of benzene rings is 2. The van der Waals surface area contributed by atoms with E-state index in [9.17, 15) is 19.6 Å². The molecule has 8 nitrogen and oxygen atoms in total. The molecule has 0 fully saturated rings. The van der Waals surface area contributed by atoms with E-state index in [0.29, 0.717) is 39.9 Å². The van der Waals surface area contributed by atoms with Gasteiger partial charge >= 0.3 is 0 Å². The lowest BCUT2D eigenvalue weighted by Crippen LogP contribution is -2.30. The van der Waals surface area contributed by atoms with Gasteiger partial charge in [0.25, 0.3) is 11.8 Å². The maximum absolute atomic E-state index is 13.4. The molecule has 5 rings (SSSR count). The Morgan fingerprint density at radius 1 is 1.11 bits per heavy atom. The first kappa shape index (κ1) is 30.9. The normalized spacial score (nSPS) is 15.0. The Morgan fingerprint density at radius 3 is 2.66 bits per heavy atom. The molecule has 44 heavy (non-hydrogen) atoms. The van der Waals surface area contributed by atoms with E-state index in [-0.39, 0.29) is 11.6 Å². The topological polar surface area (TPSA) is 124 Å². The van der Waals surface area contributed by atoms with Crippen molar-refractivity contribution in [3.8, 4) is 6.07 Å². The average Bonchev–Trinajstić information content (AvgIpc) is 3.66. The molecule has 2 aromatic heterocycles. The second-order valence-electron chi connectivity index (χ2n) is 10.5. The molecule has 1 aliphatic carbocycles. The number of carbonyl (C=O) groups excluding carboxylic acids is 3. The van der Waals surface area contributed by atoms with Crippen LogP contribution in [-0.2, 0) is 22.4 Å². The van der Waals surface area contributed by atoms with Crippen LogP contribution in [0, 0.1) is 17.2 Å². The largest absolute Gasteiger partial charge is 0.465 e. The molecule has 4 aromatic rings. The molecule has 224 valence electrons. The van der Waals surface area contributed by atoms with E-state index in [0.717, 1.165) is 29.7 Å². The van der Waals surface area contributed by atoms with Crippen molar-refractivity contribution in [2.24, 2.45) is 5.92 Å². The number of hydrogen-bond acceptors (Lipinski definition) is 7. The molecule has 10 heteroatoms. The highest BCUT2D eigenvalue weighted by Gasteiger charge is 2.27. The van der Waals surface area contributed by atoms with E-state index in [4.69, 9.17) is 4.42 Å². The predicted octanol–water partition coefficient (Wildman–Crippen LogP) is 7.26. The molecule has 0 bridgehead atoms. The van der Waals surface area contributed by atoms with Crippen LogP contribution in [0.4, 0.5) is 10.7 Å². The van der Waals surface area contributed by atoms with Crippen molar-refractivity contribution in [1.82, 2.24) is 5.32 Å². The van der Waals surface area contributed by atoms with Crippen LogP contribution >= 0.6 is 23.1 Å². The second-order valence-corrected chi connectivity index (χ2v) is 12.9. The van der Waals surface area contributed by atoms with Crippen LogP contribution in [0.25, 0.3) is 6.08 Å². The number of nitrogens with zero attached hydrogens (tertiary/aromatic N) is 1. The van der Waals surface area contributed by atoms with Gasteiger partial charge in [-0.05, 0) is 79.6 Å². The highest BCUT2D eigenvalue weighted by Crippen LogP contribution is 2.40. The summed E-state index contributed by atoms with van der Waals surface area (Å²) < 4.78 is 5.37. The summed E-state index contributed by atoms with van der Waals surface area (Å²) in [6.07, 6.45) is 6.36. The number of hydrogen-bond donors (Lipinski definition) is 3. The molecule has 2 heterocycles. The molecule has 3 N–H and O–H groups in total. The van der Waals surface area contributed by atoms with Gasteiger partial charge in [-0.3, -0.25) is 14.4 Å². The quantitative estimate of drug-likeness (QED) is 0.126. The third-order valence-corrected chi connectivity index (χ3v) is 9.78. The molecule has 0 saturated carbocycles. The molecule has 0 aliphatic heterocycles. The Balaban J connectivity index is 1.28. The fraction of sp³-hybridized carbons (Fsp3) is 0.235. The van der Waals surface area contributed by atoms with Crippen LogP contribution in [0.1, 0.15) is 58.8 Å². The van der Waals surface area contributed by atoms with Crippen molar-refractivity contribution in [3.63, 3.8) is 0 Å². The minimum absolute atomic E-state index is 0.0130. The lowest BCUT2D eigenvalue weighted by atomic mass is 9.88. The first-order chi connectivity index (χ1) is 21.3. The number of fused-ring (bicyclic) bond motifs is 1. The fourth-order valence-corrected chi connectivity index (χ4v) is 7.32. The molecule has 0 spiro atoms. The van der Waals surface area contributed by atoms with Crippen molar-refractivity contribution in [1.29, 1.82) is 5.26 Å². The highest BCUT2D eigenvalue weighted by molar-refractivity contribution is 8.00. The number of amides is 3. The third kappa shape index (κ3) is 7.48. The van der Waals surface area contributed by atoms with E-state index in [1.807, 2.05) is 13.0 Å². The number of thioether (sulfide) groups is 1. The summed E-state index contributed by atoms with van der Waals surface area (Å²) in [5.41, 5.74) is 2.59. The molecule has 3 amide bonds. The summed E-state index contributed by atoms with van der Waals surface area (Å²) in [4.78, 5) is 41.5. The number of thiophene rings is 1. The van der Waals surface area contributed by atoms with Crippen molar-refractivity contribution >= 4 is 57.6 Å². The van der Waals surface area contributed by atoms with Gasteiger partial charge in [-0.1, -0.05) is 38.1 Å². The van der Waals surface area contributed by atoms with Gasteiger partial charge in [0.15, 0.2) is 0 Å². The van der Waals surface area contributed by atoms with Crippen LogP contribution < -0.4 is 16.0 Å². The molecular weight excluding hydrogens is 593 g/mol. The summed E-state index contributed by atoms with van der Waals surface area (Å²) in [6, 6.07) is 21.5. The maximum Gasteiger partial charge on any atom is 0.272 e. The zero-order valence-electron chi connectivity index (χ0n) is 24.4. The van der Waals surface area contributed by atoms with E-state index in [1.54, 1.807) is 60.7 Å². The highest BCUT2D eigenvalue weighted by atomic mass is 32.2. The van der Waals surface area contributed by atoms with Crippen molar-refractivity contribution in [2.75, 3.05) is 10.6 Å². The standard InChI is InChI=1S/C34H32N4O4S2/c1-3-29(33(41)38-34-27(20-35)26-15-14-21(2)17-30(26)44-34)43-25-13-7-11-23(18-25)36-32(40)28(19-24-12-8-16-42-24)37-31(39)22-9-5-4-6-10-22/h4-13,16,18-19,21,29H,3,14-15,17H2,1-2H3,(H,36,40)(H,37,39)(H,38,41)/b28-19-. The maximum atomic E-state index is 13.4. The van der Waals surface area contributed by atoms with E-state index in [1.165, 1.54) is 40.3 Å². The van der Waals surface area contributed by atoms with Gasteiger partial charge in [-0.25, -0.2) is 0 Å². The number of anilines is 2. The van der Waals surface area contributed by atoms with Gasteiger partial charge in [0, 0.05) is 27.1 Å². The first-order valence-electron chi connectivity index (χ1n) is 14.4. The van der Waals surface area contributed by atoms with Gasteiger partial charge in [0.2, 0.25) is 5.91 Å². The van der Waals surface area contributed by atoms with Crippen molar-refractivity contribution in [2.45, 2.75) is 49.7 Å². The van der Waals surface area contributed by atoms with Gasteiger partial charge < -0.3 is 20.4 Å². The molecule has 1 aliphatic rings. The molecule has 0 saturated heterocycles. The van der Waals surface area contributed by atoms with Crippen LogP contribution in [0.2, 0.25) is 0 Å². The summed E-state index contributed by atoms with van der Waals surface area (Å²) in [7, 11) is 0. The van der Waals surface area contributed by atoms with Gasteiger partial charge in [-0.15, -0.1) is 23.1 Å². The summed E-state index contributed by atoms with van der Waals surface area (Å²) in [5, 5.41) is 18.6. The van der Waals surface area contributed by atoms with E-state index >= 15 is 0 Å². The summed E-state index contributed by atoms with van der Waals surface area (Å²) in [6.45, 7) is 4.15. The van der Waals surface area contributed by atoms with E-state index < -0.39 is 17.1 Å². The molecule has 2 aromatic carbocycles. The summed E-state index contributed by atoms with van der Waals surface area (Å²) in [5.74, 6) is -0.148. The predicted molar refractivity (Wildman–Crippen MR) is 174 cm³/mol. The Morgan fingerprint density at radius 2 is 1.93 bits per heavy atom. The Labute approximate surface area is 264 Å². The number of rotatable bonds is 10. The molecular formula is C34H32N4O4S2. The van der Waals surface area contributed by atoms with Crippen LogP contribution in [0.3, 0.4) is 0 Å². The van der Waals surface area contributed by atoms with Gasteiger partial charge in [0.1, 0.15) is 22.5 Å². The lowest BCUT2D eigenvalue weighted by Gasteiger charge is -2.17. The minimum Gasteiger partial charge on any atom is -0.465 e. The van der Waals surface area contributed by atoms with Crippen LogP contribution in [0.5, 0.6) is 0 Å². The van der Waals surface area contributed by atoms with Crippen molar-refractivity contribution < 1.29 is 18.8 Å². The number of carbonyl (C=O) groups is 3. The second kappa shape index (κ2) is 14.3. The van der Waals surface area contributed by atoms with Crippen molar-refractivity contribution in [3.05, 3.63) is 106 Å². The number of nitrogens with one attached hydrogen (secondary N) is 3. The molecule has 0 radical (unpaired) electrons. The Hall–Kier alpha value is -4.59. The SMILES string of the molecule is CCC(Sc1cccc(NC(=O)/C(=C/c2ccco2)NC(=O)c2ccccc2)c1)C(=O)Nc1sc2c(c1C#N)CCC(C)C2. The number of furan rings is 1. The average molecular weight is 625 g/mol. The zero-order valence-corrected chi connectivity index (χ0v) is 26.0. The fourth-order valence-electron chi connectivity index (χ4n) is 4.94.